The van der Waals surface area contributed by atoms with Gasteiger partial charge in [-0.3, -0.25) is 4.79 Å². The number of halogens is 1. The van der Waals surface area contributed by atoms with E-state index >= 15 is 0 Å². The molecule has 0 fully saturated rings. The molecule has 1 amide bonds. The molecule has 0 aliphatic heterocycles. The van der Waals surface area contributed by atoms with Gasteiger partial charge in [0.1, 0.15) is 0 Å². The quantitative estimate of drug-likeness (QED) is 0.711. The molecule has 20 heavy (non-hydrogen) atoms. The Morgan fingerprint density at radius 1 is 1.45 bits per heavy atom. The second kappa shape index (κ2) is 7.16. The average Bonchev–Trinajstić information content (AvgIpc) is 2.30. The molecule has 112 valence electrons. The first-order chi connectivity index (χ1) is 9.24. The van der Waals surface area contributed by atoms with Gasteiger partial charge >= 0.3 is 0 Å². The summed E-state index contributed by atoms with van der Waals surface area (Å²) in [7, 11) is -3.75. The van der Waals surface area contributed by atoms with E-state index in [2.05, 4.69) is 26.6 Å². The summed E-state index contributed by atoms with van der Waals surface area (Å²) in [6.07, 6.45) is 0.331. The van der Waals surface area contributed by atoms with Crippen LogP contribution >= 0.6 is 15.9 Å². The second-order valence-electron chi connectivity index (χ2n) is 4.40. The van der Waals surface area contributed by atoms with E-state index in [4.69, 9.17) is 5.14 Å². The van der Waals surface area contributed by atoms with E-state index in [-0.39, 0.29) is 16.8 Å². The first-order valence-electron chi connectivity index (χ1n) is 6.09. The van der Waals surface area contributed by atoms with Crippen LogP contribution in [0.15, 0.2) is 27.6 Å². The second-order valence-corrected chi connectivity index (χ2v) is 6.81. The largest absolute Gasteiger partial charge is 0.325 e. The van der Waals surface area contributed by atoms with Crippen molar-refractivity contribution in [3.8, 4) is 0 Å². The summed E-state index contributed by atoms with van der Waals surface area (Å²) >= 11 is 3.21. The highest BCUT2D eigenvalue weighted by molar-refractivity contribution is 9.10. The number of nitrogens with two attached hydrogens (primary N) is 1. The molecule has 1 aromatic carbocycles. The summed E-state index contributed by atoms with van der Waals surface area (Å²) in [5, 5.41) is 10.9. The first kappa shape index (κ1) is 17.1. The Bertz CT molecular complexity index is 590. The van der Waals surface area contributed by atoms with Crippen molar-refractivity contribution in [1.82, 2.24) is 5.32 Å². The number of hydrogen-bond donors (Lipinski definition) is 3. The molecule has 0 heterocycles. The number of sulfonamides is 1. The maximum atomic E-state index is 11.8. The molecule has 1 atom stereocenters. The van der Waals surface area contributed by atoms with Crippen LogP contribution < -0.4 is 15.8 Å². The molecule has 1 rings (SSSR count). The van der Waals surface area contributed by atoms with Crippen LogP contribution in [0.5, 0.6) is 0 Å². The summed E-state index contributed by atoms with van der Waals surface area (Å²) < 4.78 is 22.9. The molecule has 6 nitrogen and oxygen atoms in total. The SMILES string of the molecule is CCNC(C)CC(=O)Nc1ccc(S(N)(=O)=O)cc1Br. The van der Waals surface area contributed by atoms with Crippen LogP contribution in [-0.4, -0.2) is 26.9 Å². The summed E-state index contributed by atoms with van der Waals surface area (Å²) in [6.45, 7) is 4.68. The van der Waals surface area contributed by atoms with Gasteiger partial charge in [-0.2, -0.15) is 0 Å². The third-order valence-electron chi connectivity index (χ3n) is 2.59. The summed E-state index contributed by atoms with van der Waals surface area (Å²) in [4.78, 5) is 11.8. The minimum Gasteiger partial charge on any atom is -0.325 e. The summed E-state index contributed by atoms with van der Waals surface area (Å²) in [5.74, 6) is -0.150. The highest BCUT2D eigenvalue weighted by Gasteiger charge is 2.13. The Labute approximate surface area is 127 Å². The van der Waals surface area contributed by atoms with Crippen molar-refractivity contribution in [1.29, 1.82) is 0 Å². The standard InChI is InChI=1S/C12H18BrN3O3S/c1-3-15-8(2)6-12(17)16-11-5-4-9(7-10(11)13)20(14,18)19/h4-5,7-8,15H,3,6H2,1-2H3,(H,16,17)(H2,14,18,19). The van der Waals surface area contributed by atoms with Gasteiger partial charge in [-0.25, -0.2) is 13.6 Å². The van der Waals surface area contributed by atoms with Crippen LogP contribution in [0, 0.1) is 0 Å². The smallest absolute Gasteiger partial charge is 0.238 e. The van der Waals surface area contributed by atoms with Gasteiger partial charge in [0.15, 0.2) is 0 Å². The lowest BCUT2D eigenvalue weighted by Crippen LogP contribution is -2.30. The number of carbonyl (C=O) groups is 1. The van der Waals surface area contributed by atoms with E-state index < -0.39 is 10.0 Å². The number of carbonyl (C=O) groups excluding carboxylic acids is 1. The number of rotatable bonds is 6. The maximum Gasteiger partial charge on any atom is 0.238 e. The monoisotopic (exact) mass is 363 g/mol. The van der Waals surface area contributed by atoms with Crippen molar-refractivity contribution in [3.63, 3.8) is 0 Å². The molecule has 1 unspecified atom stereocenters. The molecule has 1 aromatic rings. The van der Waals surface area contributed by atoms with Crippen molar-refractivity contribution in [2.24, 2.45) is 5.14 Å². The lowest BCUT2D eigenvalue weighted by molar-refractivity contribution is -0.116. The molecule has 0 spiro atoms. The predicted octanol–water partition coefficient (Wildman–Crippen LogP) is 1.42. The van der Waals surface area contributed by atoms with Gasteiger partial charge in [0.2, 0.25) is 15.9 Å². The van der Waals surface area contributed by atoms with E-state index in [0.717, 1.165) is 6.54 Å². The molecule has 0 aromatic heterocycles. The zero-order chi connectivity index (χ0) is 15.3. The predicted molar refractivity (Wildman–Crippen MR) is 81.9 cm³/mol. The Balaban J connectivity index is 2.77. The van der Waals surface area contributed by atoms with E-state index in [1.165, 1.54) is 18.2 Å². The summed E-state index contributed by atoms with van der Waals surface area (Å²) in [6, 6.07) is 4.28. The lowest BCUT2D eigenvalue weighted by atomic mass is 10.2. The molecular weight excluding hydrogens is 346 g/mol. The molecule has 0 bridgehead atoms. The minimum atomic E-state index is -3.75. The molecule has 0 radical (unpaired) electrons. The number of benzene rings is 1. The lowest BCUT2D eigenvalue weighted by Gasteiger charge is -2.13. The van der Waals surface area contributed by atoms with E-state index in [9.17, 15) is 13.2 Å². The Hall–Kier alpha value is -0.960. The average molecular weight is 364 g/mol. The van der Waals surface area contributed by atoms with Gasteiger partial charge in [-0.15, -0.1) is 0 Å². The Kier molecular flexibility index (Phi) is 6.12. The molecule has 8 heteroatoms. The molecule has 0 aliphatic rings. The number of hydrogen-bond acceptors (Lipinski definition) is 4. The molecule has 0 saturated carbocycles. The zero-order valence-corrected chi connectivity index (χ0v) is 13.7. The van der Waals surface area contributed by atoms with Crippen LogP contribution in [0.2, 0.25) is 0 Å². The highest BCUT2D eigenvalue weighted by atomic mass is 79.9. The Morgan fingerprint density at radius 2 is 2.10 bits per heavy atom. The third-order valence-corrected chi connectivity index (χ3v) is 4.15. The van der Waals surface area contributed by atoms with Crippen molar-refractivity contribution < 1.29 is 13.2 Å². The number of amides is 1. The topological polar surface area (TPSA) is 101 Å². The van der Waals surface area contributed by atoms with E-state index in [1.807, 2.05) is 13.8 Å². The van der Waals surface area contributed by atoms with Gasteiger partial charge < -0.3 is 10.6 Å². The zero-order valence-electron chi connectivity index (χ0n) is 11.3. The van der Waals surface area contributed by atoms with Crippen molar-refractivity contribution >= 4 is 37.5 Å². The highest BCUT2D eigenvalue weighted by Crippen LogP contribution is 2.25. The fourth-order valence-electron chi connectivity index (χ4n) is 1.67. The number of nitrogens with one attached hydrogen (secondary N) is 2. The maximum absolute atomic E-state index is 11.8. The third kappa shape index (κ3) is 5.20. The van der Waals surface area contributed by atoms with Gasteiger partial charge in [0.05, 0.1) is 10.6 Å². The van der Waals surface area contributed by atoms with E-state index in [1.54, 1.807) is 0 Å². The molecule has 4 N–H and O–H groups in total. The molecule has 0 saturated heterocycles. The number of anilines is 1. The number of primary sulfonamides is 1. The normalized spacial score (nSPS) is 13.0. The van der Waals surface area contributed by atoms with Crippen molar-refractivity contribution in [2.75, 3.05) is 11.9 Å². The Morgan fingerprint density at radius 3 is 2.60 bits per heavy atom. The van der Waals surface area contributed by atoms with Gasteiger partial charge in [0, 0.05) is 16.9 Å². The fourth-order valence-corrected chi connectivity index (χ4v) is 2.84. The van der Waals surface area contributed by atoms with Gasteiger partial charge in [-0.05, 0) is 47.6 Å². The van der Waals surface area contributed by atoms with E-state index in [0.29, 0.717) is 16.6 Å². The van der Waals surface area contributed by atoms with Crippen LogP contribution in [0.3, 0.4) is 0 Å². The van der Waals surface area contributed by atoms with Crippen LogP contribution in [0.4, 0.5) is 5.69 Å². The first-order valence-corrected chi connectivity index (χ1v) is 8.43. The van der Waals surface area contributed by atoms with Crippen LogP contribution in [0.1, 0.15) is 20.3 Å². The molecule has 0 aliphatic carbocycles. The summed E-state index contributed by atoms with van der Waals surface area (Å²) in [5.41, 5.74) is 0.506. The molecular formula is C12H18BrN3O3S. The minimum absolute atomic E-state index is 0.0107. The van der Waals surface area contributed by atoms with Gasteiger partial charge in [0.25, 0.3) is 0 Å². The fraction of sp³-hybridized carbons (Fsp3) is 0.417. The van der Waals surface area contributed by atoms with Crippen molar-refractivity contribution in [2.45, 2.75) is 31.2 Å². The van der Waals surface area contributed by atoms with Crippen molar-refractivity contribution in [3.05, 3.63) is 22.7 Å². The van der Waals surface area contributed by atoms with Crippen LogP contribution in [0.25, 0.3) is 0 Å². The van der Waals surface area contributed by atoms with Gasteiger partial charge in [-0.1, -0.05) is 6.92 Å². The van der Waals surface area contributed by atoms with Crippen LogP contribution in [-0.2, 0) is 14.8 Å².